The summed E-state index contributed by atoms with van der Waals surface area (Å²) in [5.41, 5.74) is 6.92. The molecule has 0 aliphatic carbocycles. The van der Waals surface area contributed by atoms with Crippen molar-refractivity contribution in [2.24, 2.45) is 0 Å². The number of fused-ring (bicyclic) bond motifs is 1. The minimum atomic E-state index is -0.760. The van der Waals surface area contributed by atoms with Gasteiger partial charge >= 0.3 is 5.97 Å². The van der Waals surface area contributed by atoms with E-state index in [0.717, 1.165) is 23.4 Å². The Morgan fingerprint density at radius 1 is 1.38 bits per heavy atom. The van der Waals surface area contributed by atoms with Crippen molar-refractivity contribution in [3.8, 4) is 0 Å². The first kappa shape index (κ1) is 13.5. The first-order chi connectivity index (χ1) is 10.1. The lowest BCUT2D eigenvalue weighted by Crippen LogP contribution is -1.97. The van der Waals surface area contributed by atoms with Crippen LogP contribution in [0.3, 0.4) is 0 Å². The zero-order chi connectivity index (χ0) is 14.8. The van der Waals surface area contributed by atoms with Crippen LogP contribution in [-0.2, 0) is 11.2 Å². The minimum absolute atomic E-state index is 0.166. The van der Waals surface area contributed by atoms with Gasteiger partial charge in [0.15, 0.2) is 0 Å². The fourth-order valence-corrected chi connectivity index (χ4v) is 2.71. The third-order valence-corrected chi connectivity index (χ3v) is 3.96. The van der Waals surface area contributed by atoms with Crippen LogP contribution in [0.4, 0.5) is 5.69 Å². The van der Waals surface area contributed by atoms with Gasteiger partial charge in [-0.3, -0.25) is 4.79 Å². The number of aromatic amines is 1. The second-order valence-corrected chi connectivity index (χ2v) is 5.32. The number of H-pyrrole nitrogens is 1. The second kappa shape index (κ2) is 5.48. The molecule has 0 atom stereocenters. The molecule has 0 spiro atoms. The van der Waals surface area contributed by atoms with Crippen molar-refractivity contribution in [3.63, 3.8) is 0 Å². The Labute approximate surface area is 123 Å². The molecule has 21 heavy (non-hydrogen) atoms. The lowest BCUT2D eigenvalue weighted by atomic mass is 10.0. The van der Waals surface area contributed by atoms with E-state index in [0.29, 0.717) is 6.42 Å². The van der Waals surface area contributed by atoms with E-state index in [9.17, 15) is 4.79 Å². The summed E-state index contributed by atoms with van der Waals surface area (Å²) in [5.74, 6) is -0.760. The molecule has 4 nitrogen and oxygen atoms in total. The number of para-hydroxylation sites is 1. The van der Waals surface area contributed by atoms with Gasteiger partial charge in [0.25, 0.3) is 0 Å². The number of hydrogen-bond acceptors (Lipinski definition) is 2. The molecule has 2 heterocycles. The van der Waals surface area contributed by atoms with Crippen LogP contribution in [0.15, 0.2) is 30.5 Å². The molecule has 0 unspecified atom stereocenters. The van der Waals surface area contributed by atoms with Crippen molar-refractivity contribution in [2.45, 2.75) is 19.8 Å². The van der Waals surface area contributed by atoms with Crippen LogP contribution in [0, 0.1) is 6.92 Å². The fraction of sp³-hybridized carbons (Fsp3) is 0.235. The minimum Gasteiger partial charge on any atom is -0.481 e. The second-order valence-electron chi connectivity index (χ2n) is 5.32. The molecule has 0 saturated heterocycles. The molecule has 3 rings (SSSR count). The lowest BCUT2D eigenvalue weighted by Gasteiger charge is -2.00. The van der Waals surface area contributed by atoms with Crippen molar-refractivity contribution in [3.05, 3.63) is 52.8 Å². The normalized spacial score (nSPS) is 15.0. The third-order valence-electron chi connectivity index (χ3n) is 3.96. The monoisotopic (exact) mass is 282 g/mol. The molecule has 2 aromatic rings. The number of carbonyl (C=O) groups is 1. The van der Waals surface area contributed by atoms with Crippen LogP contribution in [0.1, 0.15) is 28.8 Å². The van der Waals surface area contributed by atoms with E-state index in [1.54, 1.807) is 0 Å². The Morgan fingerprint density at radius 2 is 2.19 bits per heavy atom. The largest absolute Gasteiger partial charge is 0.481 e. The molecule has 4 heteroatoms. The molecule has 0 amide bonds. The zero-order valence-corrected chi connectivity index (χ0v) is 11.9. The summed E-state index contributed by atoms with van der Waals surface area (Å²) in [4.78, 5) is 13.9. The predicted molar refractivity (Wildman–Crippen MR) is 84.3 cm³/mol. The first-order valence-corrected chi connectivity index (χ1v) is 7.07. The number of benzene rings is 1. The quantitative estimate of drug-likeness (QED) is 0.806. The first-order valence-electron chi connectivity index (χ1n) is 7.07. The number of aryl methyl sites for hydroxylation is 1. The maximum Gasteiger partial charge on any atom is 0.303 e. The average Bonchev–Trinajstić information content (AvgIpc) is 3.03. The summed E-state index contributed by atoms with van der Waals surface area (Å²) in [6.45, 7) is 2.86. The van der Waals surface area contributed by atoms with Gasteiger partial charge < -0.3 is 15.4 Å². The molecule has 108 valence electrons. The van der Waals surface area contributed by atoms with Gasteiger partial charge in [0.1, 0.15) is 0 Å². The maximum atomic E-state index is 10.7. The van der Waals surface area contributed by atoms with Crippen molar-refractivity contribution < 1.29 is 9.90 Å². The van der Waals surface area contributed by atoms with Gasteiger partial charge in [-0.25, -0.2) is 0 Å². The van der Waals surface area contributed by atoms with E-state index >= 15 is 0 Å². The number of rotatable bonds is 4. The molecule has 3 N–H and O–H groups in total. The Balaban J connectivity index is 1.86. The van der Waals surface area contributed by atoms with Gasteiger partial charge in [0.05, 0.1) is 0 Å². The summed E-state index contributed by atoms with van der Waals surface area (Å²) in [5, 5.41) is 12.2. The van der Waals surface area contributed by atoms with Gasteiger partial charge in [0.2, 0.25) is 0 Å². The topological polar surface area (TPSA) is 65.1 Å². The molecule has 1 aliphatic heterocycles. The Kier molecular flexibility index (Phi) is 3.52. The number of hydrogen-bond donors (Lipinski definition) is 3. The number of aromatic nitrogens is 1. The van der Waals surface area contributed by atoms with Gasteiger partial charge in [0, 0.05) is 36.1 Å². The van der Waals surface area contributed by atoms with Crippen molar-refractivity contribution in [2.75, 3.05) is 11.9 Å². The van der Waals surface area contributed by atoms with E-state index in [1.165, 1.54) is 16.8 Å². The average molecular weight is 282 g/mol. The fourth-order valence-electron chi connectivity index (χ4n) is 2.71. The van der Waals surface area contributed by atoms with Gasteiger partial charge in [-0.15, -0.1) is 0 Å². The lowest BCUT2D eigenvalue weighted by molar-refractivity contribution is -0.136. The number of carboxylic acids is 1. The van der Waals surface area contributed by atoms with E-state index < -0.39 is 5.97 Å². The van der Waals surface area contributed by atoms with Crippen LogP contribution in [0.25, 0.3) is 11.6 Å². The summed E-state index contributed by atoms with van der Waals surface area (Å²) >= 11 is 0. The number of aliphatic carboxylic acids is 1. The molecular weight excluding hydrogens is 264 g/mol. The van der Waals surface area contributed by atoms with Crippen LogP contribution in [0.2, 0.25) is 0 Å². The molecule has 0 bridgehead atoms. The standard InChI is InChI=1S/C17H18N2O2/c1-11-12(6-7-17(20)21)9-19-16(11)8-13-10-18-15-5-3-2-4-14(13)15/h2-5,8-9,18-19H,6-7,10H2,1H3,(H,20,21)/b13-8+. The van der Waals surface area contributed by atoms with E-state index in [1.807, 2.05) is 25.3 Å². The highest BCUT2D eigenvalue weighted by Gasteiger charge is 2.15. The smallest absolute Gasteiger partial charge is 0.303 e. The van der Waals surface area contributed by atoms with Crippen molar-refractivity contribution in [1.82, 2.24) is 4.98 Å². The summed E-state index contributed by atoms with van der Waals surface area (Å²) < 4.78 is 0. The zero-order valence-electron chi connectivity index (χ0n) is 11.9. The SMILES string of the molecule is Cc1c(CCC(=O)O)c[nH]c1/C=C1\CNc2ccccc21. The van der Waals surface area contributed by atoms with Crippen LogP contribution < -0.4 is 5.32 Å². The van der Waals surface area contributed by atoms with Gasteiger partial charge in [-0.05, 0) is 42.2 Å². The number of carboxylic acid groups (broad SMARTS) is 1. The predicted octanol–water partition coefficient (Wildman–Crippen LogP) is 3.31. The highest BCUT2D eigenvalue weighted by Crippen LogP contribution is 2.32. The van der Waals surface area contributed by atoms with Crippen molar-refractivity contribution >= 4 is 23.3 Å². The molecule has 1 aliphatic rings. The van der Waals surface area contributed by atoms with Crippen LogP contribution >= 0.6 is 0 Å². The molecule has 0 saturated carbocycles. The Bertz CT molecular complexity index is 713. The molecule has 0 radical (unpaired) electrons. The van der Waals surface area contributed by atoms with Gasteiger partial charge in [-0.1, -0.05) is 18.2 Å². The van der Waals surface area contributed by atoms with Gasteiger partial charge in [-0.2, -0.15) is 0 Å². The van der Waals surface area contributed by atoms with E-state index in [4.69, 9.17) is 5.11 Å². The third kappa shape index (κ3) is 2.70. The highest BCUT2D eigenvalue weighted by molar-refractivity contribution is 5.92. The van der Waals surface area contributed by atoms with Crippen molar-refractivity contribution in [1.29, 1.82) is 0 Å². The summed E-state index contributed by atoms with van der Waals surface area (Å²) in [6.07, 6.45) is 4.80. The number of anilines is 1. The molecule has 0 fully saturated rings. The number of nitrogens with one attached hydrogen (secondary N) is 2. The Hall–Kier alpha value is -2.49. The molecule has 1 aromatic heterocycles. The Morgan fingerprint density at radius 3 is 3.00 bits per heavy atom. The van der Waals surface area contributed by atoms with E-state index in [2.05, 4.69) is 28.5 Å². The van der Waals surface area contributed by atoms with Crippen LogP contribution in [-0.4, -0.2) is 22.6 Å². The summed E-state index contributed by atoms with van der Waals surface area (Å²) in [6, 6.07) is 8.26. The molecular formula is C17H18N2O2. The van der Waals surface area contributed by atoms with Crippen LogP contribution in [0.5, 0.6) is 0 Å². The van der Waals surface area contributed by atoms with E-state index in [-0.39, 0.29) is 6.42 Å². The summed E-state index contributed by atoms with van der Waals surface area (Å²) in [7, 11) is 0. The maximum absolute atomic E-state index is 10.7. The molecule has 1 aromatic carbocycles. The highest BCUT2D eigenvalue weighted by atomic mass is 16.4.